The number of nitrogens with one attached hydrogen (secondary N) is 2. The molecule has 0 atom stereocenters. The van der Waals surface area contributed by atoms with Gasteiger partial charge in [-0.2, -0.15) is 0 Å². The second-order valence-corrected chi connectivity index (χ2v) is 3.43. The summed E-state index contributed by atoms with van der Waals surface area (Å²) in [7, 11) is 3.40. The predicted octanol–water partition coefficient (Wildman–Crippen LogP) is 1.85. The number of halogens is 1. The second kappa shape index (κ2) is 4.28. The number of anilines is 1. The summed E-state index contributed by atoms with van der Waals surface area (Å²) in [6.07, 6.45) is 0. The summed E-state index contributed by atoms with van der Waals surface area (Å²) in [5.74, 6) is -0.0920. The molecule has 4 heteroatoms. The van der Waals surface area contributed by atoms with E-state index in [0.29, 0.717) is 5.56 Å². The zero-order valence-electron chi connectivity index (χ0n) is 7.52. The van der Waals surface area contributed by atoms with Gasteiger partial charge in [0.05, 0.1) is 5.56 Å². The first kappa shape index (κ1) is 10.1. The summed E-state index contributed by atoms with van der Waals surface area (Å²) < 4.78 is 0.894. The van der Waals surface area contributed by atoms with Crippen molar-refractivity contribution < 1.29 is 4.79 Å². The van der Waals surface area contributed by atoms with Crippen molar-refractivity contribution in [2.75, 3.05) is 19.4 Å². The van der Waals surface area contributed by atoms with Crippen molar-refractivity contribution in [1.29, 1.82) is 0 Å². The van der Waals surface area contributed by atoms with Crippen LogP contribution in [0.3, 0.4) is 0 Å². The maximum absolute atomic E-state index is 11.4. The van der Waals surface area contributed by atoms with Crippen LogP contribution in [0.2, 0.25) is 0 Å². The molecule has 0 spiro atoms. The predicted molar refractivity (Wildman–Crippen MR) is 57.1 cm³/mol. The standard InChI is InChI=1S/C9H11BrN2O/c1-11-8-4-3-6(10)5-7(8)9(13)12-2/h3-5,11H,1-2H3,(H,12,13). The van der Waals surface area contributed by atoms with Crippen molar-refractivity contribution in [3.05, 3.63) is 28.2 Å². The lowest BCUT2D eigenvalue weighted by Gasteiger charge is -2.07. The molecular formula is C9H11BrN2O. The molecule has 2 N–H and O–H groups in total. The fourth-order valence-electron chi connectivity index (χ4n) is 1.06. The highest BCUT2D eigenvalue weighted by Crippen LogP contribution is 2.20. The highest BCUT2D eigenvalue weighted by molar-refractivity contribution is 9.10. The molecule has 0 saturated carbocycles. The minimum atomic E-state index is -0.0920. The molecule has 0 saturated heterocycles. The molecule has 0 aromatic heterocycles. The van der Waals surface area contributed by atoms with Gasteiger partial charge in [-0.1, -0.05) is 15.9 Å². The van der Waals surface area contributed by atoms with Gasteiger partial charge in [0.1, 0.15) is 0 Å². The third kappa shape index (κ3) is 2.21. The van der Waals surface area contributed by atoms with Crippen LogP contribution in [0.4, 0.5) is 5.69 Å². The third-order valence-corrected chi connectivity index (χ3v) is 2.22. The number of carbonyl (C=O) groups is 1. The van der Waals surface area contributed by atoms with Crippen LogP contribution < -0.4 is 10.6 Å². The van der Waals surface area contributed by atoms with Crippen molar-refractivity contribution in [2.45, 2.75) is 0 Å². The van der Waals surface area contributed by atoms with Gasteiger partial charge < -0.3 is 10.6 Å². The number of hydrogen-bond acceptors (Lipinski definition) is 2. The number of carbonyl (C=O) groups excluding carboxylic acids is 1. The Morgan fingerprint density at radius 2 is 2.08 bits per heavy atom. The van der Waals surface area contributed by atoms with Crippen molar-refractivity contribution in [2.24, 2.45) is 0 Å². The molecule has 1 aromatic carbocycles. The average Bonchev–Trinajstić information content (AvgIpc) is 2.16. The Balaban J connectivity index is 3.15. The van der Waals surface area contributed by atoms with Gasteiger partial charge in [0.15, 0.2) is 0 Å². The van der Waals surface area contributed by atoms with Crippen molar-refractivity contribution in [3.63, 3.8) is 0 Å². The fourth-order valence-corrected chi connectivity index (χ4v) is 1.42. The highest BCUT2D eigenvalue weighted by Gasteiger charge is 2.08. The summed E-state index contributed by atoms with van der Waals surface area (Å²) >= 11 is 3.32. The number of rotatable bonds is 2. The average molecular weight is 243 g/mol. The Labute approximate surface area is 85.7 Å². The third-order valence-electron chi connectivity index (χ3n) is 1.72. The van der Waals surface area contributed by atoms with Gasteiger partial charge in [-0.15, -0.1) is 0 Å². The monoisotopic (exact) mass is 242 g/mol. The van der Waals surface area contributed by atoms with Gasteiger partial charge in [0.2, 0.25) is 0 Å². The van der Waals surface area contributed by atoms with Crippen LogP contribution >= 0.6 is 15.9 Å². The van der Waals surface area contributed by atoms with Gasteiger partial charge in [0.25, 0.3) is 5.91 Å². The SMILES string of the molecule is CNC(=O)c1cc(Br)ccc1NC. The number of amides is 1. The second-order valence-electron chi connectivity index (χ2n) is 2.52. The molecule has 0 heterocycles. The lowest BCUT2D eigenvalue weighted by Crippen LogP contribution is -2.19. The minimum Gasteiger partial charge on any atom is -0.387 e. The molecule has 70 valence electrons. The van der Waals surface area contributed by atoms with Crippen molar-refractivity contribution >= 4 is 27.5 Å². The summed E-state index contributed by atoms with van der Waals surface area (Å²) in [4.78, 5) is 11.4. The molecule has 3 nitrogen and oxygen atoms in total. The van der Waals surface area contributed by atoms with Crippen LogP contribution in [-0.2, 0) is 0 Å². The summed E-state index contributed by atoms with van der Waals surface area (Å²) in [5, 5.41) is 5.54. The molecule has 0 unspecified atom stereocenters. The minimum absolute atomic E-state index is 0.0920. The lowest BCUT2D eigenvalue weighted by molar-refractivity contribution is 0.0964. The smallest absolute Gasteiger partial charge is 0.253 e. The van der Waals surface area contributed by atoms with E-state index in [1.165, 1.54) is 0 Å². The topological polar surface area (TPSA) is 41.1 Å². The van der Waals surface area contributed by atoms with E-state index in [4.69, 9.17) is 0 Å². The molecule has 1 rings (SSSR count). The van der Waals surface area contributed by atoms with Gasteiger partial charge >= 0.3 is 0 Å². The Hall–Kier alpha value is -1.03. The molecule has 0 aliphatic carbocycles. The number of benzene rings is 1. The van der Waals surface area contributed by atoms with E-state index in [1.54, 1.807) is 20.2 Å². The zero-order valence-corrected chi connectivity index (χ0v) is 9.10. The van der Waals surface area contributed by atoms with Crippen LogP contribution in [0.5, 0.6) is 0 Å². The molecule has 0 fully saturated rings. The maximum Gasteiger partial charge on any atom is 0.253 e. The molecule has 0 aliphatic heterocycles. The first-order valence-electron chi connectivity index (χ1n) is 3.88. The quantitative estimate of drug-likeness (QED) is 0.832. The molecule has 0 radical (unpaired) electrons. The molecule has 1 aromatic rings. The zero-order chi connectivity index (χ0) is 9.84. The van der Waals surface area contributed by atoms with E-state index in [9.17, 15) is 4.79 Å². The fraction of sp³-hybridized carbons (Fsp3) is 0.222. The van der Waals surface area contributed by atoms with E-state index >= 15 is 0 Å². The first-order chi connectivity index (χ1) is 6.19. The highest BCUT2D eigenvalue weighted by atomic mass is 79.9. The summed E-state index contributed by atoms with van der Waals surface area (Å²) in [6, 6.07) is 5.53. The normalized spacial score (nSPS) is 9.46. The summed E-state index contributed by atoms with van der Waals surface area (Å²) in [5.41, 5.74) is 1.46. The lowest BCUT2D eigenvalue weighted by atomic mass is 10.1. The molecule has 0 aliphatic rings. The Bertz CT molecular complexity index is 325. The van der Waals surface area contributed by atoms with Crippen LogP contribution in [0, 0.1) is 0 Å². The number of hydrogen-bond donors (Lipinski definition) is 2. The molecule has 1 amide bonds. The molecule has 0 bridgehead atoms. The Morgan fingerprint density at radius 3 is 2.62 bits per heavy atom. The van der Waals surface area contributed by atoms with E-state index < -0.39 is 0 Å². The Kier molecular flexibility index (Phi) is 3.31. The first-order valence-corrected chi connectivity index (χ1v) is 4.67. The van der Waals surface area contributed by atoms with Crippen molar-refractivity contribution in [1.82, 2.24) is 5.32 Å². The van der Waals surface area contributed by atoms with Gasteiger partial charge in [-0.05, 0) is 18.2 Å². The van der Waals surface area contributed by atoms with Crippen LogP contribution in [-0.4, -0.2) is 20.0 Å². The molecular weight excluding hydrogens is 232 g/mol. The van der Waals surface area contributed by atoms with Crippen LogP contribution in [0.15, 0.2) is 22.7 Å². The van der Waals surface area contributed by atoms with E-state index in [0.717, 1.165) is 10.2 Å². The van der Waals surface area contributed by atoms with E-state index in [-0.39, 0.29) is 5.91 Å². The maximum atomic E-state index is 11.4. The van der Waals surface area contributed by atoms with Crippen LogP contribution in [0.25, 0.3) is 0 Å². The molecule has 13 heavy (non-hydrogen) atoms. The van der Waals surface area contributed by atoms with E-state index in [2.05, 4.69) is 26.6 Å². The van der Waals surface area contributed by atoms with Crippen LogP contribution in [0.1, 0.15) is 10.4 Å². The summed E-state index contributed by atoms with van der Waals surface area (Å²) in [6.45, 7) is 0. The van der Waals surface area contributed by atoms with Gasteiger partial charge in [-0.25, -0.2) is 0 Å². The van der Waals surface area contributed by atoms with Crippen molar-refractivity contribution in [3.8, 4) is 0 Å². The van der Waals surface area contributed by atoms with Gasteiger partial charge in [-0.3, -0.25) is 4.79 Å². The van der Waals surface area contributed by atoms with Gasteiger partial charge in [0, 0.05) is 24.3 Å². The largest absolute Gasteiger partial charge is 0.387 e. The van der Waals surface area contributed by atoms with E-state index in [1.807, 2.05) is 12.1 Å². The Morgan fingerprint density at radius 1 is 1.38 bits per heavy atom.